The van der Waals surface area contributed by atoms with Crippen molar-refractivity contribution in [3.05, 3.63) is 11.4 Å². The lowest BCUT2D eigenvalue weighted by atomic mass is 9.93. The van der Waals surface area contributed by atoms with E-state index in [1.54, 1.807) is 0 Å². The molecule has 0 fully saturated rings. The van der Waals surface area contributed by atoms with Crippen LogP contribution in [0.3, 0.4) is 0 Å². The minimum Gasteiger partial charge on any atom is -0.252 e. The van der Waals surface area contributed by atoms with E-state index in [4.69, 9.17) is 0 Å². The highest BCUT2D eigenvalue weighted by Crippen LogP contribution is 2.27. The van der Waals surface area contributed by atoms with Crippen LogP contribution in [0.1, 0.15) is 77.6 Å². The van der Waals surface area contributed by atoms with Crippen LogP contribution in [0.4, 0.5) is 0 Å². The van der Waals surface area contributed by atoms with Crippen molar-refractivity contribution in [2.45, 2.75) is 72.6 Å². The van der Waals surface area contributed by atoms with E-state index >= 15 is 0 Å². The summed E-state index contributed by atoms with van der Waals surface area (Å²) in [6.07, 6.45) is 6.38. The molecule has 1 aromatic heterocycles. The first-order valence-corrected chi connectivity index (χ1v) is 7.17. The Morgan fingerprint density at radius 1 is 1.06 bits per heavy atom. The Kier molecular flexibility index (Phi) is 8.73. The van der Waals surface area contributed by atoms with Crippen LogP contribution in [-0.4, -0.2) is 15.0 Å². The van der Waals surface area contributed by atoms with Crippen molar-refractivity contribution in [3.8, 4) is 0 Å². The first kappa shape index (κ1) is 16.1. The van der Waals surface area contributed by atoms with E-state index in [1.807, 2.05) is 39.4 Å². The monoisotopic (exact) mass is 239 g/mol. The van der Waals surface area contributed by atoms with Crippen molar-refractivity contribution in [1.29, 1.82) is 0 Å². The molecule has 0 aliphatic heterocycles. The molecule has 0 bridgehead atoms. The maximum atomic E-state index is 4.22. The highest BCUT2D eigenvalue weighted by Gasteiger charge is 2.18. The average molecular weight is 239 g/mol. The van der Waals surface area contributed by atoms with E-state index in [0.717, 1.165) is 6.42 Å². The Labute approximate surface area is 107 Å². The summed E-state index contributed by atoms with van der Waals surface area (Å²) in [5.41, 5.74) is 2.59. The minimum absolute atomic E-state index is 0.635. The zero-order chi connectivity index (χ0) is 13.3. The second-order valence-corrected chi connectivity index (χ2v) is 4.05. The number of fused-ring (bicyclic) bond motifs is 1. The van der Waals surface area contributed by atoms with Crippen LogP contribution in [0, 0.1) is 0 Å². The predicted molar refractivity (Wildman–Crippen MR) is 74.3 cm³/mol. The summed E-state index contributed by atoms with van der Waals surface area (Å²) in [5.74, 6) is 0.635. The number of rotatable bonds is 0. The molecule has 17 heavy (non-hydrogen) atoms. The molecule has 2 rings (SSSR count). The number of nitrogens with zero attached hydrogens (tertiary/aromatic N) is 3. The minimum atomic E-state index is 0.635. The smallest absolute Gasteiger partial charge is 0.0861 e. The van der Waals surface area contributed by atoms with E-state index in [2.05, 4.69) is 17.2 Å². The molecule has 1 atom stereocenters. The third-order valence-electron chi connectivity index (χ3n) is 2.96. The molecule has 1 aliphatic carbocycles. The van der Waals surface area contributed by atoms with Crippen molar-refractivity contribution in [1.82, 2.24) is 15.0 Å². The van der Waals surface area contributed by atoms with Gasteiger partial charge < -0.3 is 0 Å². The lowest BCUT2D eigenvalue weighted by Gasteiger charge is -2.15. The Morgan fingerprint density at radius 3 is 2.35 bits per heavy atom. The van der Waals surface area contributed by atoms with Gasteiger partial charge in [-0.15, -0.1) is 5.10 Å². The predicted octanol–water partition coefficient (Wildman–Crippen LogP) is 4.09. The Balaban J connectivity index is 0.000000581. The summed E-state index contributed by atoms with van der Waals surface area (Å²) in [7, 11) is 2.00. The highest BCUT2D eigenvalue weighted by molar-refractivity contribution is 5.15. The summed E-state index contributed by atoms with van der Waals surface area (Å²) >= 11 is 0. The van der Waals surface area contributed by atoms with Crippen LogP contribution >= 0.6 is 0 Å². The fourth-order valence-corrected chi connectivity index (χ4v) is 2.25. The molecule has 0 spiro atoms. The quantitative estimate of drug-likeness (QED) is 0.682. The van der Waals surface area contributed by atoms with Gasteiger partial charge in [0.1, 0.15) is 0 Å². The fraction of sp³-hybridized carbons (Fsp3) is 0.857. The third-order valence-corrected chi connectivity index (χ3v) is 2.96. The van der Waals surface area contributed by atoms with E-state index in [-0.39, 0.29) is 0 Å². The zero-order valence-corrected chi connectivity index (χ0v) is 12.5. The molecule has 0 saturated heterocycles. The van der Waals surface area contributed by atoms with Crippen molar-refractivity contribution >= 4 is 0 Å². The van der Waals surface area contributed by atoms with Gasteiger partial charge in [-0.2, -0.15) is 0 Å². The summed E-state index contributed by atoms with van der Waals surface area (Å²) in [4.78, 5) is 0. The van der Waals surface area contributed by atoms with Gasteiger partial charge in [0, 0.05) is 7.05 Å². The normalized spacial score (nSPS) is 18.6. The molecular weight excluding hydrogens is 210 g/mol. The van der Waals surface area contributed by atoms with Gasteiger partial charge in [0.25, 0.3) is 0 Å². The summed E-state index contributed by atoms with van der Waals surface area (Å²) < 4.78 is 1.95. The standard InChI is InChI=1S/C10H17N3.2C2H6/c1-8-6-4-3-5-7-9-10(8)13(2)12-11-9;2*1-2/h8H,3-7H2,1-2H3;2*1-2H3. The molecule has 3 nitrogen and oxygen atoms in total. The van der Waals surface area contributed by atoms with Gasteiger partial charge in [-0.05, 0) is 25.2 Å². The molecule has 1 unspecified atom stereocenters. The first-order chi connectivity index (χ1) is 8.29. The second kappa shape index (κ2) is 9.20. The van der Waals surface area contributed by atoms with Crippen LogP contribution in [-0.2, 0) is 13.5 Å². The van der Waals surface area contributed by atoms with Gasteiger partial charge in [-0.3, -0.25) is 4.68 Å². The van der Waals surface area contributed by atoms with Crippen LogP contribution in [0.25, 0.3) is 0 Å². The molecule has 0 saturated carbocycles. The first-order valence-electron chi connectivity index (χ1n) is 7.17. The van der Waals surface area contributed by atoms with Gasteiger partial charge in [0.2, 0.25) is 0 Å². The molecule has 0 aromatic carbocycles. The number of aryl methyl sites for hydroxylation is 2. The largest absolute Gasteiger partial charge is 0.252 e. The topological polar surface area (TPSA) is 30.7 Å². The molecule has 3 heteroatoms. The van der Waals surface area contributed by atoms with Gasteiger partial charge in [0.15, 0.2) is 0 Å². The lowest BCUT2D eigenvalue weighted by molar-refractivity contribution is 0.529. The van der Waals surface area contributed by atoms with Crippen molar-refractivity contribution in [2.75, 3.05) is 0 Å². The molecule has 0 N–H and O–H groups in total. The van der Waals surface area contributed by atoms with Crippen molar-refractivity contribution in [2.24, 2.45) is 7.05 Å². The van der Waals surface area contributed by atoms with Crippen LogP contribution in [0.5, 0.6) is 0 Å². The maximum Gasteiger partial charge on any atom is 0.0861 e. The highest BCUT2D eigenvalue weighted by atomic mass is 15.4. The molecular formula is C14H29N3. The van der Waals surface area contributed by atoms with Crippen LogP contribution < -0.4 is 0 Å². The van der Waals surface area contributed by atoms with Gasteiger partial charge in [-0.1, -0.05) is 52.7 Å². The summed E-state index contributed by atoms with van der Waals surface area (Å²) in [5, 5.41) is 8.32. The third kappa shape index (κ3) is 4.49. The Morgan fingerprint density at radius 2 is 1.71 bits per heavy atom. The van der Waals surface area contributed by atoms with Crippen molar-refractivity contribution in [3.63, 3.8) is 0 Å². The molecule has 0 amide bonds. The lowest BCUT2D eigenvalue weighted by Crippen LogP contribution is -2.07. The second-order valence-electron chi connectivity index (χ2n) is 4.05. The molecule has 1 heterocycles. The Bertz CT molecular complexity index is 292. The van der Waals surface area contributed by atoms with Crippen molar-refractivity contribution < 1.29 is 0 Å². The van der Waals surface area contributed by atoms with E-state index in [0.29, 0.717) is 5.92 Å². The van der Waals surface area contributed by atoms with E-state index in [1.165, 1.54) is 37.1 Å². The summed E-state index contributed by atoms with van der Waals surface area (Å²) in [6.45, 7) is 10.3. The molecule has 1 aromatic rings. The van der Waals surface area contributed by atoms with Crippen LogP contribution in [0.15, 0.2) is 0 Å². The van der Waals surface area contributed by atoms with Gasteiger partial charge in [-0.25, -0.2) is 0 Å². The summed E-state index contributed by atoms with van der Waals surface area (Å²) in [6, 6.07) is 0. The fourth-order valence-electron chi connectivity index (χ4n) is 2.25. The number of hydrogen-bond acceptors (Lipinski definition) is 2. The number of aromatic nitrogens is 3. The molecule has 0 radical (unpaired) electrons. The van der Waals surface area contributed by atoms with E-state index < -0.39 is 0 Å². The number of hydrogen-bond donors (Lipinski definition) is 0. The van der Waals surface area contributed by atoms with Gasteiger partial charge in [0.05, 0.1) is 11.4 Å². The SMILES string of the molecule is CC.CC.CC1CCCCCc2nnn(C)c21. The van der Waals surface area contributed by atoms with Gasteiger partial charge >= 0.3 is 0 Å². The molecule has 1 aliphatic rings. The van der Waals surface area contributed by atoms with E-state index in [9.17, 15) is 0 Å². The zero-order valence-electron chi connectivity index (χ0n) is 12.5. The Hall–Kier alpha value is -0.860. The van der Waals surface area contributed by atoms with Crippen LogP contribution in [0.2, 0.25) is 0 Å². The average Bonchev–Trinajstić information content (AvgIpc) is 2.72. The molecule has 100 valence electrons. The maximum absolute atomic E-state index is 4.22.